The van der Waals surface area contributed by atoms with E-state index in [0.29, 0.717) is 0 Å². The molecule has 4 aromatic rings. The Morgan fingerprint density at radius 3 is 2.55 bits per heavy atom. The first-order valence-corrected chi connectivity index (χ1v) is 7.54. The Balaban J connectivity index is 1.63. The summed E-state index contributed by atoms with van der Waals surface area (Å²) in [4.78, 5) is 0. The van der Waals surface area contributed by atoms with Gasteiger partial charge in [-0.3, -0.25) is 0 Å². The van der Waals surface area contributed by atoms with Crippen LogP contribution in [-0.4, -0.2) is 0 Å². The molecule has 1 unspecified atom stereocenters. The lowest BCUT2D eigenvalue weighted by Crippen LogP contribution is -2.02. The summed E-state index contributed by atoms with van der Waals surface area (Å²) in [7, 11) is 0. The Bertz CT molecular complexity index is 972. The van der Waals surface area contributed by atoms with Gasteiger partial charge in [0.05, 0.1) is 0 Å². The molecule has 1 atom stereocenters. The maximum absolute atomic E-state index is 6.10. The Morgan fingerprint density at radius 2 is 1.59 bits per heavy atom. The molecule has 1 aromatic heterocycles. The minimum atomic E-state index is 0.0930. The maximum atomic E-state index is 6.10. The van der Waals surface area contributed by atoms with E-state index in [1.807, 2.05) is 30.3 Å². The summed E-state index contributed by atoms with van der Waals surface area (Å²) in [5, 5.41) is 2.32. The molecule has 1 aliphatic heterocycles. The second-order valence-electron chi connectivity index (χ2n) is 5.77. The van der Waals surface area contributed by atoms with Crippen LogP contribution in [0.1, 0.15) is 17.2 Å². The van der Waals surface area contributed by atoms with Crippen molar-refractivity contribution in [2.75, 3.05) is 0 Å². The van der Waals surface area contributed by atoms with Gasteiger partial charge in [-0.15, -0.1) is 0 Å². The topological polar surface area (TPSA) is 22.4 Å². The van der Waals surface area contributed by atoms with Gasteiger partial charge in [0.25, 0.3) is 0 Å². The van der Waals surface area contributed by atoms with E-state index in [0.717, 1.165) is 34.1 Å². The summed E-state index contributed by atoms with van der Waals surface area (Å²) in [5.41, 5.74) is 4.35. The van der Waals surface area contributed by atoms with Gasteiger partial charge in [0.2, 0.25) is 0 Å². The van der Waals surface area contributed by atoms with E-state index in [4.69, 9.17) is 9.15 Å². The SMILES string of the molecule is c1ccc2c(c1)CC(c1ccc3oc4ccccc4c3c1)O2. The van der Waals surface area contributed by atoms with E-state index in [2.05, 4.69) is 36.4 Å². The van der Waals surface area contributed by atoms with Crippen LogP contribution < -0.4 is 4.74 Å². The van der Waals surface area contributed by atoms with E-state index >= 15 is 0 Å². The highest BCUT2D eigenvalue weighted by Crippen LogP contribution is 2.38. The van der Waals surface area contributed by atoms with Crippen molar-refractivity contribution in [3.8, 4) is 5.75 Å². The highest BCUT2D eigenvalue weighted by molar-refractivity contribution is 6.05. The molecule has 0 saturated heterocycles. The first-order chi connectivity index (χ1) is 10.9. The highest BCUT2D eigenvalue weighted by Gasteiger charge is 2.24. The van der Waals surface area contributed by atoms with Gasteiger partial charge in [-0.2, -0.15) is 0 Å². The predicted molar refractivity (Wildman–Crippen MR) is 87.2 cm³/mol. The number of fused-ring (bicyclic) bond motifs is 4. The standard InChI is InChI=1S/C20H14O2/c1-3-7-17-13(5-1)12-20(21-17)14-9-10-19-16(11-14)15-6-2-4-8-18(15)22-19/h1-11,20H,12H2. The maximum Gasteiger partial charge on any atom is 0.135 e. The van der Waals surface area contributed by atoms with E-state index in [1.54, 1.807) is 0 Å². The first kappa shape index (κ1) is 11.9. The molecular weight excluding hydrogens is 272 g/mol. The lowest BCUT2D eigenvalue weighted by molar-refractivity contribution is 0.239. The molecule has 0 amide bonds. The first-order valence-electron chi connectivity index (χ1n) is 7.54. The zero-order valence-electron chi connectivity index (χ0n) is 12.0. The number of ether oxygens (including phenoxy) is 1. The second-order valence-corrected chi connectivity index (χ2v) is 5.77. The van der Waals surface area contributed by atoms with Crippen molar-refractivity contribution in [1.82, 2.24) is 0 Å². The summed E-state index contributed by atoms with van der Waals surface area (Å²) in [6, 6.07) is 22.8. The number of para-hydroxylation sites is 2. The van der Waals surface area contributed by atoms with Gasteiger partial charge in [0, 0.05) is 17.2 Å². The van der Waals surface area contributed by atoms with Gasteiger partial charge in [-0.25, -0.2) is 0 Å². The average Bonchev–Trinajstić information content (AvgIpc) is 3.15. The Kier molecular flexibility index (Phi) is 2.36. The van der Waals surface area contributed by atoms with Gasteiger partial charge in [-0.05, 0) is 35.4 Å². The van der Waals surface area contributed by atoms with Crippen molar-refractivity contribution in [2.24, 2.45) is 0 Å². The van der Waals surface area contributed by atoms with Crippen LogP contribution in [0.5, 0.6) is 5.75 Å². The normalized spacial score (nSPS) is 16.8. The Labute approximate surface area is 127 Å². The predicted octanol–water partition coefficient (Wildman–Crippen LogP) is 5.26. The molecule has 0 saturated carbocycles. The van der Waals surface area contributed by atoms with Crippen LogP contribution in [0.25, 0.3) is 21.9 Å². The van der Waals surface area contributed by atoms with Crippen molar-refractivity contribution in [3.63, 3.8) is 0 Å². The Morgan fingerprint density at radius 1 is 0.773 bits per heavy atom. The van der Waals surface area contributed by atoms with Crippen LogP contribution in [0.15, 0.2) is 71.1 Å². The second kappa shape index (κ2) is 4.38. The third-order valence-corrected chi connectivity index (χ3v) is 4.42. The zero-order valence-corrected chi connectivity index (χ0v) is 12.0. The van der Waals surface area contributed by atoms with Crippen molar-refractivity contribution < 1.29 is 9.15 Å². The summed E-state index contributed by atoms with van der Waals surface area (Å²) >= 11 is 0. The van der Waals surface area contributed by atoms with E-state index < -0.39 is 0 Å². The molecular formula is C20H14O2. The fourth-order valence-electron chi connectivity index (χ4n) is 3.31. The van der Waals surface area contributed by atoms with Gasteiger partial charge in [0.15, 0.2) is 0 Å². The van der Waals surface area contributed by atoms with Crippen molar-refractivity contribution in [2.45, 2.75) is 12.5 Å². The number of benzene rings is 3. The summed E-state index contributed by atoms with van der Waals surface area (Å²) < 4.78 is 12.0. The van der Waals surface area contributed by atoms with E-state index in [-0.39, 0.29) is 6.10 Å². The lowest BCUT2D eigenvalue weighted by atomic mass is 10.0. The van der Waals surface area contributed by atoms with Crippen LogP contribution in [0.2, 0.25) is 0 Å². The van der Waals surface area contributed by atoms with Crippen LogP contribution in [0.3, 0.4) is 0 Å². The molecule has 0 N–H and O–H groups in total. The van der Waals surface area contributed by atoms with Gasteiger partial charge in [0.1, 0.15) is 23.0 Å². The van der Waals surface area contributed by atoms with Crippen LogP contribution in [-0.2, 0) is 6.42 Å². The molecule has 3 aromatic carbocycles. The number of hydrogen-bond donors (Lipinski definition) is 0. The molecule has 0 fully saturated rings. The smallest absolute Gasteiger partial charge is 0.135 e. The zero-order chi connectivity index (χ0) is 14.5. The van der Waals surface area contributed by atoms with Crippen molar-refractivity contribution in [1.29, 1.82) is 0 Å². The minimum Gasteiger partial charge on any atom is -0.485 e. The van der Waals surface area contributed by atoms with Gasteiger partial charge in [-0.1, -0.05) is 42.5 Å². The van der Waals surface area contributed by atoms with Crippen LogP contribution >= 0.6 is 0 Å². The number of hydrogen-bond acceptors (Lipinski definition) is 2. The average molecular weight is 286 g/mol. The third kappa shape index (κ3) is 1.67. The molecule has 0 spiro atoms. The molecule has 106 valence electrons. The molecule has 2 heteroatoms. The third-order valence-electron chi connectivity index (χ3n) is 4.42. The summed E-state index contributed by atoms with van der Waals surface area (Å²) in [6.45, 7) is 0. The molecule has 0 bridgehead atoms. The quantitative estimate of drug-likeness (QED) is 0.476. The molecule has 2 heterocycles. The summed E-state index contributed by atoms with van der Waals surface area (Å²) in [6.07, 6.45) is 1.02. The summed E-state index contributed by atoms with van der Waals surface area (Å²) in [5.74, 6) is 1.00. The van der Waals surface area contributed by atoms with Crippen molar-refractivity contribution in [3.05, 3.63) is 77.9 Å². The van der Waals surface area contributed by atoms with Crippen LogP contribution in [0, 0.1) is 0 Å². The molecule has 22 heavy (non-hydrogen) atoms. The highest BCUT2D eigenvalue weighted by atomic mass is 16.5. The van der Waals surface area contributed by atoms with E-state index in [9.17, 15) is 0 Å². The largest absolute Gasteiger partial charge is 0.485 e. The number of rotatable bonds is 1. The molecule has 1 aliphatic rings. The monoisotopic (exact) mass is 286 g/mol. The molecule has 0 aliphatic carbocycles. The van der Waals surface area contributed by atoms with Crippen molar-refractivity contribution >= 4 is 21.9 Å². The fraction of sp³-hybridized carbons (Fsp3) is 0.100. The molecule has 5 rings (SSSR count). The minimum absolute atomic E-state index is 0.0930. The Hall–Kier alpha value is -2.74. The fourth-order valence-corrected chi connectivity index (χ4v) is 3.31. The molecule has 0 radical (unpaired) electrons. The van der Waals surface area contributed by atoms with Gasteiger partial charge < -0.3 is 9.15 Å². The number of furan rings is 1. The van der Waals surface area contributed by atoms with Gasteiger partial charge >= 0.3 is 0 Å². The van der Waals surface area contributed by atoms with Crippen LogP contribution in [0.4, 0.5) is 0 Å². The lowest BCUT2D eigenvalue weighted by Gasteiger charge is -2.10. The molecule has 2 nitrogen and oxygen atoms in total. The van der Waals surface area contributed by atoms with E-state index in [1.165, 1.54) is 11.1 Å².